The first-order valence-corrected chi connectivity index (χ1v) is 3.44. The van der Waals surface area contributed by atoms with E-state index in [1.807, 2.05) is 0 Å². The van der Waals surface area contributed by atoms with Crippen LogP contribution in [0.4, 0.5) is 4.39 Å². The second-order valence-corrected chi connectivity index (χ2v) is 2.11. The van der Waals surface area contributed by atoms with Crippen molar-refractivity contribution in [2.75, 3.05) is 13.2 Å². The summed E-state index contributed by atoms with van der Waals surface area (Å²) in [5.74, 6) is 0. The maximum atomic E-state index is 11.6. The molecule has 0 aliphatic heterocycles. The first kappa shape index (κ1) is 8.07. The molecule has 60 valence electrons. The number of hydrogen-bond donors (Lipinski definition) is 1. The van der Waals surface area contributed by atoms with Crippen LogP contribution in [-0.2, 0) is 6.54 Å². The Morgan fingerprint density at radius 2 is 2.09 bits per heavy atom. The molecule has 0 saturated carbocycles. The first-order valence-electron chi connectivity index (χ1n) is 3.44. The SMILES string of the molecule is FCCNCc1cncnc1. The highest BCUT2D eigenvalue weighted by atomic mass is 19.1. The summed E-state index contributed by atoms with van der Waals surface area (Å²) >= 11 is 0. The largest absolute Gasteiger partial charge is 0.310 e. The van der Waals surface area contributed by atoms with Crippen molar-refractivity contribution in [1.29, 1.82) is 0 Å². The van der Waals surface area contributed by atoms with Gasteiger partial charge in [-0.05, 0) is 0 Å². The molecule has 0 aromatic carbocycles. The summed E-state index contributed by atoms with van der Waals surface area (Å²) in [5.41, 5.74) is 0.973. The Morgan fingerprint density at radius 3 is 2.73 bits per heavy atom. The van der Waals surface area contributed by atoms with Gasteiger partial charge in [0.15, 0.2) is 0 Å². The van der Waals surface area contributed by atoms with Gasteiger partial charge in [-0.1, -0.05) is 0 Å². The Hall–Kier alpha value is -1.03. The molecule has 0 unspecified atom stereocenters. The molecule has 0 aliphatic rings. The molecule has 1 aromatic heterocycles. The molecular weight excluding hydrogens is 145 g/mol. The van der Waals surface area contributed by atoms with Crippen LogP contribution < -0.4 is 5.32 Å². The van der Waals surface area contributed by atoms with E-state index in [1.54, 1.807) is 12.4 Å². The third kappa shape index (κ3) is 3.04. The zero-order valence-electron chi connectivity index (χ0n) is 6.13. The third-order valence-corrected chi connectivity index (χ3v) is 1.21. The van der Waals surface area contributed by atoms with E-state index in [0.717, 1.165) is 5.56 Å². The average molecular weight is 155 g/mol. The van der Waals surface area contributed by atoms with Gasteiger partial charge in [0.05, 0.1) is 0 Å². The van der Waals surface area contributed by atoms with Gasteiger partial charge in [-0.2, -0.15) is 0 Å². The van der Waals surface area contributed by atoms with Crippen LogP contribution in [0, 0.1) is 0 Å². The Balaban J connectivity index is 2.28. The molecule has 0 aliphatic carbocycles. The van der Waals surface area contributed by atoms with Crippen molar-refractivity contribution in [1.82, 2.24) is 15.3 Å². The summed E-state index contributed by atoms with van der Waals surface area (Å²) in [5, 5.41) is 2.90. The van der Waals surface area contributed by atoms with Crippen LogP contribution in [0.2, 0.25) is 0 Å². The molecule has 3 nitrogen and oxygen atoms in total. The highest BCUT2D eigenvalue weighted by Crippen LogP contribution is 1.90. The maximum absolute atomic E-state index is 11.6. The summed E-state index contributed by atoms with van der Waals surface area (Å²) in [6.45, 7) is 0.674. The quantitative estimate of drug-likeness (QED) is 0.645. The van der Waals surface area contributed by atoms with Crippen LogP contribution in [0.15, 0.2) is 18.7 Å². The van der Waals surface area contributed by atoms with Gasteiger partial charge in [0.25, 0.3) is 0 Å². The van der Waals surface area contributed by atoms with Crippen LogP contribution in [0.3, 0.4) is 0 Å². The predicted molar refractivity (Wildman–Crippen MR) is 39.7 cm³/mol. The topological polar surface area (TPSA) is 37.8 Å². The lowest BCUT2D eigenvalue weighted by Gasteiger charge is -1.99. The fourth-order valence-electron chi connectivity index (χ4n) is 0.721. The van der Waals surface area contributed by atoms with E-state index in [9.17, 15) is 4.39 Å². The molecule has 0 saturated heterocycles. The molecule has 0 radical (unpaired) electrons. The summed E-state index contributed by atoms with van der Waals surface area (Å²) in [4.78, 5) is 7.64. The van der Waals surface area contributed by atoms with E-state index in [4.69, 9.17) is 0 Å². The molecule has 1 heterocycles. The number of nitrogens with one attached hydrogen (secondary N) is 1. The fourth-order valence-corrected chi connectivity index (χ4v) is 0.721. The molecule has 0 amide bonds. The van der Waals surface area contributed by atoms with Crippen LogP contribution in [-0.4, -0.2) is 23.2 Å². The van der Waals surface area contributed by atoms with Crippen LogP contribution >= 0.6 is 0 Å². The normalized spacial score (nSPS) is 9.91. The van der Waals surface area contributed by atoms with Gasteiger partial charge in [-0.3, -0.25) is 0 Å². The summed E-state index contributed by atoms with van der Waals surface area (Å²) in [6.07, 6.45) is 4.88. The molecule has 0 fully saturated rings. The van der Waals surface area contributed by atoms with Gasteiger partial charge in [-0.15, -0.1) is 0 Å². The Morgan fingerprint density at radius 1 is 1.36 bits per heavy atom. The fraction of sp³-hybridized carbons (Fsp3) is 0.429. The molecule has 1 rings (SSSR count). The Labute approximate surface area is 64.7 Å². The van der Waals surface area contributed by atoms with Crippen LogP contribution in [0.5, 0.6) is 0 Å². The van der Waals surface area contributed by atoms with Crippen molar-refractivity contribution in [2.45, 2.75) is 6.54 Å². The molecule has 0 spiro atoms. The van der Waals surface area contributed by atoms with E-state index in [1.165, 1.54) is 6.33 Å². The molecule has 1 N–H and O–H groups in total. The van der Waals surface area contributed by atoms with E-state index >= 15 is 0 Å². The predicted octanol–water partition coefficient (Wildman–Crippen LogP) is 0.536. The number of hydrogen-bond acceptors (Lipinski definition) is 3. The van der Waals surface area contributed by atoms with Crippen LogP contribution in [0.1, 0.15) is 5.56 Å². The van der Waals surface area contributed by atoms with Crippen LogP contribution in [0.25, 0.3) is 0 Å². The van der Waals surface area contributed by atoms with Gasteiger partial charge in [0.2, 0.25) is 0 Å². The number of rotatable bonds is 4. The molecule has 0 atom stereocenters. The third-order valence-electron chi connectivity index (χ3n) is 1.21. The van der Waals surface area contributed by atoms with Gasteiger partial charge in [-0.25, -0.2) is 14.4 Å². The lowest BCUT2D eigenvalue weighted by atomic mass is 10.3. The minimum Gasteiger partial charge on any atom is -0.310 e. The van der Waals surface area contributed by atoms with Crippen molar-refractivity contribution in [3.05, 3.63) is 24.3 Å². The van der Waals surface area contributed by atoms with E-state index in [2.05, 4.69) is 15.3 Å². The lowest BCUT2D eigenvalue weighted by Crippen LogP contribution is -2.16. The van der Waals surface area contributed by atoms with Crippen molar-refractivity contribution in [2.24, 2.45) is 0 Å². The zero-order chi connectivity index (χ0) is 7.94. The second-order valence-electron chi connectivity index (χ2n) is 2.11. The minimum atomic E-state index is -0.340. The van der Waals surface area contributed by atoms with E-state index in [0.29, 0.717) is 13.1 Å². The number of halogens is 1. The lowest BCUT2D eigenvalue weighted by molar-refractivity contribution is 0.466. The second kappa shape index (κ2) is 4.73. The van der Waals surface area contributed by atoms with Crippen molar-refractivity contribution in [3.8, 4) is 0 Å². The standard InChI is InChI=1S/C7H10FN3/c8-1-2-9-3-7-4-10-6-11-5-7/h4-6,9H,1-3H2. The molecule has 1 aromatic rings. The van der Waals surface area contributed by atoms with Gasteiger partial charge >= 0.3 is 0 Å². The number of nitrogens with zero attached hydrogens (tertiary/aromatic N) is 2. The van der Waals surface area contributed by atoms with E-state index in [-0.39, 0.29) is 6.67 Å². The maximum Gasteiger partial charge on any atom is 0.115 e. The Bertz CT molecular complexity index is 190. The zero-order valence-corrected chi connectivity index (χ0v) is 6.13. The van der Waals surface area contributed by atoms with Gasteiger partial charge in [0.1, 0.15) is 13.0 Å². The highest BCUT2D eigenvalue weighted by molar-refractivity contribution is 5.01. The first-order chi connectivity index (χ1) is 5.43. The smallest absolute Gasteiger partial charge is 0.115 e. The molecule has 0 bridgehead atoms. The molecule has 11 heavy (non-hydrogen) atoms. The van der Waals surface area contributed by atoms with E-state index < -0.39 is 0 Å². The van der Waals surface area contributed by atoms with Crippen molar-refractivity contribution < 1.29 is 4.39 Å². The average Bonchev–Trinajstić information content (AvgIpc) is 2.07. The van der Waals surface area contributed by atoms with Gasteiger partial charge < -0.3 is 5.32 Å². The van der Waals surface area contributed by atoms with Crippen molar-refractivity contribution >= 4 is 0 Å². The summed E-state index contributed by atoms with van der Waals surface area (Å²) in [6, 6.07) is 0. The minimum absolute atomic E-state index is 0.340. The Kier molecular flexibility index (Phi) is 3.47. The highest BCUT2D eigenvalue weighted by Gasteiger charge is 1.90. The molecule has 4 heteroatoms. The van der Waals surface area contributed by atoms with Crippen molar-refractivity contribution in [3.63, 3.8) is 0 Å². The summed E-state index contributed by atoms with van der Waals surface area (Å²) < 4.78 is 11.6. The summed E-state index contributed by atoms with van der Waals surface area (Å²) in [7, 11) is 0. The van der Waals surface area contributed by atoms with Gasteiger partial charge in [0, 0.05) is 31.0 Å². The number of alkyl halides is 1. The monoisotopic (exact) mass is 155 g/mol. The number of aromatic nitrogens is 2. The molecular formula is C7H10FN3.